The predicted molar refractivity (Wildman–Crippen MR) is 110 cm³/mol. The lowest BCUT2D eigenvalue weighted by Crippen LogP contribution is -2.54. The molecule has 2 atom stereocenters. The van der Waals surface area contributed by atoms with E-state index in [9.17, 15) is 14.7 Å². The van der Waals surface area contributed by atoms with Crippen LogP contribution in [-0.2, 0) is 12.8 Å². The van der Waals surface area contributed by atoms with E-state index in [2.05, 4.69) is 22.8 Å². The summed E-state index contributed by atoms with van der Waals surface area (Å²) in [6, 6.07) is 11.5. The smallest absolute Gasteiger partial charge is 0.349 e. The number of rotatable bonds is 6. The molecule has 0 unspecified atom stereocenters. The van der Waals surface area contributed by atoms with Gasteiger partial charge in [-0.2, -0.15) is 0 Å². The van der Waals surface area contributed by atoms with Crippen molar-refractivity contribution < 1.29 is 14.3 Å². The van der Waals surface area contributed by atoms with E-state index in [1.165, 1.54) is 5.56 Å². The second kappa shape index (κ2) is 10.4. The van der Waals surface area contributed by atoms with E-state index < -0.39 is 23.7 Å². The van der Waals surface area contributed by atoms with E-state index in [0.717, 1.165) is 12.8 Å². The van der Waals surface area contributed by atoms with Crippen LogP contribution in [0.5, 0.6) is 0 Å². The van der Waals surface area contributed by atoms with Crippen molar-refractivity contribution >= 4 is 18.3 Å². The maximum absolute atomic E-state index is 12.5. The summed E-state index contributed by atoms with van der Waals surface area (Å²) in [4.78, 5) is 24.9. The van der Waals surface area contributed by atoms with Crippen LogP contribution in [0, 0.1) is 6.92 Å². The number of hydrogen-bond donors (Lipinski definition) is 3. The molecule has 0 radical (unpaired) electrons. The summed E-state index contributed by atoms with van der Waals surface area (Å²) in [5.41, 5.74) is 1.23. The highest BCUT2D eigenvalue weighted by Gasteiger charge is 2.26. The van der Waals surface area contributed by atoms with Gasteiger partial charge >= 0.3 is 5.63 Å². The Hall–Kier alpha value is -2.15. The molecule has 1 amide bonds. The fourth-order valence-corrected chi connectivity index (χ4v) is 3.41. The van der Waals surface area contributed by atoms with Crippen LogP contribution in [0.25, 0.3) is 0 Å². The van der Waals surface area contributed by atoms with Crippen molar-refractivity contribution in [2.45, 2.75) is 44.8 Å². The summed E-state index contributed by atoms with van der Waals surface area (Å²) in [6.07, 6.45) is 2.35. The van der Waals surface area contributed by atoms with Crippen LogP contribution in [0.1, 0.15) is 40.1 Å². The number of piperidine rings is 1. The standard InChI is InChI=1S/C21H26N2O4.ClH/c1-14-12-16(9-5-8-15-6-3-2-4-7-15)27-21(26)19(14)20(25)23-17-13-22-11-10-18(17)24;/h2-4,6-7,12,17-18,22,24H,5,8-11,13H2,1H3,(H,23,25);1H/t17-,18+;/m0./s1. The van der Waals surface area contributed by atoms with Crippen LogP contribution in [0.3, 0.4) is 0 Å². The highest BCUT2D eigenvalue weighted by Crippen LogP contribution is 2.12. The Morgan fingerprint density at radius 2 is 2.04 bits per heavy atom. The first-order valence-corrected chi connectivity index (χ1v) is 9.42. The normalized spacial score (nSPS) is 18.9. The molecular weight excluding hydrogens is 380 g/mol. The molecule has 0 saturated carbocycles. The highest BCUT2D eigenvalue weighted by atomic mass is 35.5. The van der Waals surface area contributed by atoms with Gasteiger partial charge in [0.15, 0.2) is 0 Å². The predicted octanol–water partition coefficient (Wildman–Crippen LogP) is 2.00. The molecule has 152 valence electrons. The molecule has 0 aliphatic carbocycles. The third-order valence-electron chi connectivity index (χ3n) is 4.92. The van der Waals surface area contributed by atoms with E-state index in [4.69, 9.17) is 4.42 Å². The second-order valence-electron chi connectivity index (χ2n) is 7.04. The molecule has 1 aliphatic heterocycles. The molecule has 2 aromatic rings. The zero-order chi connectivity index (χ0) is 19.2. The number of aryl methyl sites for hydroxylation is 3. The van der Waals surface area contributed by atoms with E-state index in [1.54, 1.807) is 13.0 Å². The molecule has 3 N–H and O–H groups in total. The van der Waals surface area contributed by atoms with Crippen molar-refractivity contribution in [1.82, 2.24) is 10.6 Å². The van der Waals surface area contributed by atoms with Gasteiger partial charge in [-0.05, 0) is 49.9 Å². The fourth-order valence-electron chi connectivity index (χ4n) is 3.41. The van der Waals surface area contributed by atoms with E-state index in [0.29, 0.717) is 37.3 Å². The summed E-state index contributed by atoms with van der Waals surface area (Å²) in [7, 11) is 0. The number of carbonyl (C=O) groups is 1. The van der Waals surface area contributed by atoms with Gasteiger partial charge < -0.3 is 20.2 Å². The molecule has 3 rings (SSSR count). The van der Waals surface area contributed by atoms with Gasteiger partial charge in [0.05, 0.1) is 12.1 Å². The van der Waals surface area contributed by atoms with Gasteiger partial charge in [0, 0.05) is 13.0 Å². The van der Waals surface area contributed by atoms with Crippen molar-refractivity contribution in [3.63, 3.8) is 0 Å². The van der Waals surface area contributed by atoms with Crippen molar-refractivity contribution in [3.05, 3.63) is 69.3 Å². The third-order valence-corrected chi connectivity index (χ3v) is 4.92. The van der Waals surface area contributed by atoms with Gasteiger partial charge in [-0.3, -0.25) is 4.79 Å². The molecule has 0 spiro atoms. The number of amides is 1. The molecule has 28 heavy (non-hydrogen) atoms. The lowest BCUT2D eigenvalue weighted by molar-refractivity contribution is 0.0751. The van der Waals surface area contributed by atoms with Crippen molar-refractivity contribution in [3.8, 4) is 0 Å². The maximum Gasteiger partial charge on any atom is 0.349 e. The van der Waals surface area contributed by atoms with Gasteiger partial charge in [0.2, 0.25) is 0 Å². The quantitative estimate of drug-likeness (QED) is 0.682. The van der Waals surface area contributed by atoms with Crippen molar-refractivity contribution in [1.29, 1.82) is 0 Å². The van der Waals surface area contributed by atoms with Crippen LogP contribution in [0.4, 0.5) is 0 Å². The first kappa shape index (κ1) is 22.1. The summed E-state index contributed by atoms with van der Waals surface area (Å²) < 4.78 is 5.37. The van der Waals surface area contributed by atoms with Gasteiger partial charge in [-0.15, -0.1) is 12.4 Å². The van der Waals surface area contributed by atoms with Crippen LogP contribution >= 0.6 is 12.4 Å². The number of nitrogens with one attached hydrogen (secondary N) is 2. The number of hydrogen-bond acceptors (Lipinski definition) is 5. The molecule has 1 aromatic heterocycles. The SMILES string of the molecule is Cc1cc(CCCc2ccccc2)oc(=O)c1C(=O)N[C@H]1CNCC[C@H]1O.Cl. The monoisotopic (exact) mass is 406 g/mol. The molecule has 1 aromatic carbocycles. The van der Waals surface area contributed by atoms with Crippen LogP contribution in [-0.4, -0.2) is 36.2 Å². The lowest BCUT2D eigenvalue weighted by Gasteiger charge is -2.29. The Morgan fingerprint density at radius 1 is 1.29 bits per heavy atom. The average Bonchev–Trinajstić information content (AvgIpc) is 2.64. The molecule has 7 heteroatoms. The zero-order valence-electron chi connectivity index (χ0n) is 15.9. The fraction of sp³-hybridized carbons (Fsp3) is 0.429. The van der Waals surface area contributed by atoms with Gasteiger partial charge in [-0.1, -0.05) is 30.3 Å². The summed E-state index contributed by atoms with van der Waals surface area (Å²) >= 11 is 0. The largest absolute Gasteiger partial charge is 0.427 e. The van der Waals surface area contributed by atoms with Gasteiger partial charge in [0.25, 0.3) is 5.91 Å². The van der Waals surface area contributed by atoms with Crippen LogP contribution in [0.2, 0.25) is 0 Å². The molecule has 1 fully saturated rings. The Kier molecular flexibility index (Phi) is 8.23. The van der Waals surface area contributed by atoms with Crippen LogP contribution < -0.4 is 16.3 Å². The first-order valence-electron chi connectivity index (χ1n) is 9.42. The molecular formula is C21H27ClN2O4. The third kappa shape index (κ3) is 5.67. The topological polar surface area (TPSA) is 91.6 Å². The number of halogens is 1. The number of benzene rings is 1. The average molecular weight is 407 g/mol. The van der Waals surface area contributed by atoms with Gasteiger partial charge in [-0.25, -0.2) is 4.79 Å². The summed E-state index contributed by atoms with van der Waals surface area (Å²) in [5.74, 6) is 0.0918. The maximum atomic E-state index is 12.5. The van der Waals surface area contributed by atoms with Gasteiger partial charge in [0.1, 0.15) is 11.3 Å². The van der Waals surface area contributed by atoms with Crippen molar-refractivity contribution in [2.75, 3.05) is 13.1 Å². The lowest BCUT2D eigenvalue weighted by atomic mass is 10.0. The molecule has 6 nitrogen and oxygen atoms in total. The molecule has 2 heterocycles. The first-order chi connectivity index (χ1) is 13.0. The van der Waals surface area contributed by atoms with E-state index >= 15 is 0 Å². The Labute approximate surface area is 170 Å². The highest BCUT2D eigenvalue weighted by molar-refractivity contribution is 5.95. The second-order valence-corrected chi connectivity index (χ2v) is 7.04. The Bertz CT molecular complexity index is 838. The van der Waals surface area contributed by atoms with E-state index in [-0.39, 0.29) is 18.0 Å². The minimum absolute atomic E-state index is 0. The number of aliphatic hydroxyl groups excluding tert-OH is 1. The zero-order valence-corrected chi connectivity index (χ0v) is 16.8. The molecule has 1 aliphatic rings. The minimum atomic E-state index is -0.625. The van der Waals surface area contributed by atoms with E-state index in [1.807, 2.05) is 18.2 Å². The Balaban J connectivity index is 0.00000280. The molecule has 0 bridgehead atoms. The summed E-state index contributed by atoms with van der Waals surface area (Å²) in [6.45, 7) is 2.93. The number of carbonyl (C=O) groups excluding carboxylic acids is 1. The number of aliphatic hydroxyl groups is 1. The van der Waals surface area contributed by atoms with Crippen molar-refractivity contribution in [2.24, 2.45) is 0 Å². The minimum Gasteiger partial charge on any atom is -0.427 e. The van der Waals surface area contributed by atoms with Crippen LogP contribution in [0.15, 0.2) is 45.6 Å². The molecule has 1 saturated heterocycles. The summed E-state index contributed by atoms with van der Waals surface area (Å²) in [5, 5.41) is 15.8. The Morgan fingerprint density at radius 3 is 2.71 bits per heavy atom.